The summed E-state index contributed by atoms with van der Waals surface area (Å²) in [5, 5.41) is 25.6. The second-order valence-corrected chi connectivity index (χ2v) is 6.26. The number of hydrogen-bond donors (Lipinski definition) is 2. The molecular formula is C12H14N2O2. The third-order valence-electron chi connectivity index (χ3n) is 6.40. The third-order valence-corrected chi connectivity index (χ3v) is 6.40. The van der Waals surface area contributed by atoms with E-state index in [0.717, 1.165) is 47.9 Å². The Labute approximate surface area is 93.0 Å². The van der Waals surface area contributed by atoms with Crippen LogP contribution in [0.5, 0.6) is 0 Å². The maximum atomic E-state index is 9.20. The molecule has 5 rings (SSSR count). The van der Waals surface area contributed by atoms with Crippen LogP contribution >= 0.6 is 0 Å². The molecule has 84 valence electrons. The lowest BCUT2D eigenvalue weighted by atomic mass is 9.60. The molecule has 0 bridgehead atoms. The van der Waals surface area contributed by atoms with E-state index < -0.39 is 0 Å². The molecule has 5 saturated carbocycles. The summed E-state index contributed by atoms with van der Waals surface area (Å²) in [7, 11) is 0. The summed E-state index contributed by atoms with van der Waals surface area (Å²) in [6.07, 6.45) is 2.16. The van der Waals surface area contributed by atoms with Gasteiger partial charge in [0, 0.05) is 23.7 Å². The molecule has 5 fully saturated rings. The van der Waals surface area contributed by atoms with E-state index in [1.807, 2.05) is 0 Å². The van der Waals surface area contributed by atoms with Crippen LogP contribution in [-0.2, 0) is 0 Å². The summed E-state index contributed by atoms with van der Waals surface area (Å²) in [5.41, 5.74) is 2.17. The van der Waals surface area contributed by atoms with Gasteiger partial charge in [0.25, 0.3) is 0 Å². The first-order valence-corrected chi connectivity index (χ1v) is 6.30. The predicted octanol–water partition coefficient (Wildman–Crippen LogP) is 1.42. The fourth-order valence-electron chi connectivity index (χ4n) is 6.32. The van der Waals surface area contributed by atoms with Gasteiger partial charge in [-0.3, -0.25) is 0 Å². The molecule has 0 aromatic heterocycles. The molecule has 5 aliphatic carbocycles. The second-order valence-electron chi connectivity index (χ2n) is 6.26. The van der Waals surface area contributed by atoms with Gasteiger partial charge in [-0.1, -0.05) is 10.3 Å². The highest BCUT2D eigenvalue weighted by Gasteiger charge is 2.78. The van der Waals surface area contributed by atoms with Crippen molar-refractivity contribution in [3.05, 3.63) is 0 Å². The fourth-order valence-corrected chi connectivity index (χ4v) is 6.32. The van der Waals surface area contributed by atoms with Gasteiger partial charge in [-0.15, -0.1) is 0 Å². The lowest BCUT2D eigenvalue weighted by Gasteiger charge is -2.43. The predicted molar refractivity (Wildman–Crippen MR) is 55.6 cm³/mol. The summed E-state index contributed by atoms with van der Waals surface area (Å²) in [4.78, 5) is 0. The first kappa shape index (κ1) is 8.09. The van der Waals surface area contributed by atoms with E-state index in [0.29, 0.717) is 23.7 Å². The van der Waals surface area contributed by atoms with E-state index >= 15 is 0 Å². The van der Waals surface area contributed by atoms with Gasteiger partial charge in [0.05, 0.1) is 11.4 Å². The monoisotopic (exact) mass is 218 g/mol. The molecule has 2 N–H and O–H groups in total. The Morgan fingerprint density at radius 3 is 1.25 bits per heavy atom. The van der Waals surface area contributed by atoms with Gasteiger partial charge in [0.15, 0.2) is 0 Å². The number of oxime groups is 2. The third kappa shape index (κ3) is 0.531. The van der Waals surface area contributed by atoms with E-state index in [1.54, 1.807) is 0 Å². The quantitative estimate of drug-likeness (QED) is 0.477. The van der Waals surface area contributed by atoms with Crippen molar-refractivity contribution in [1.82, 2.24) is 0 Å². The van der Waals surface area contributed by atoms with Crippen molar-refractivity contribution in [3.8, 4) is 0 Å². The summed E-state index contributed by atoms with van der Waals surface area (Å²) >= 11 is 0. The van der Waals surface area contributed by atoms with Crippen LogP contribution in [0.3, 0.4) is 0 Å². The van der Waals surface area contributed by atoms with E-state index in [4.69, 9.17) is 0 Å². The summed E-state index contributed by atoms with van der Waals surface area (Å²) < 4.78 is 0. The summed E-state index contributed by atoms with van der Waals surface area (Å²) in [5.74, 6) is 5.05. The summed E-state index contributed by atoms with van der Waals surface area (Å²) in [6.45, 7) is 0. The number of hydrogen-bond acceptors (Lipinski definition) is 4. The van der Waals surface area contributed by atoms with Crippen LogP contribution in [0.25, 0.3) is 0 Å². The van der Waals surface area contributed by atoms with Crippen LogP contribution in [-0.4, -0.2) is 21.8 Å². The first-order valence-electron chi connectivity index (χ1n) is 6.30. The molecule has 0 aliphatic heterocycles. The molecule has 0 saturated heterocycles. The van der Waals surface area contributed by atoms with E-state index in [2.05, 4.69) is 10.3 Å². The minimum atomic E-state index is 0.504. The number of rotatable bonds is 0. The van der Waals surface area contributed by atoms with Gasteiger partial charge in [0.2, 0.25) is 0 Å². The zero-order valence-electron chi connectivity index (χ0n) is 8.82. The van der Waals surface area contributed by atoms with E-state index in [1.165, 1.54) is 0 Å². The van der Waals surface area contributed by atoms with Gasteiger partial charge >= 0.3 is 0 Å². The van der Waals surface area contributed by atoms with E-state index in [-0.39, 0.29) is 0 Å². The van der Waals surface area contributed by atoms with Gasteiger partial charge in [-0.2, -0.15) is 0 Å². The van der Waals surface area contributed by atoms with Crippen molar-refractivity contribution in [2.75, 3.05) is 0 Å². The van der Waals surface area contributed by atoms with Crippen molar-refractivity contribution in [2.24, 2.45) is 57.7 Å². The molecule has 5 aliphatic rings. The normalized spacial score (nSPS) is 62.8. The lowest BCUT2D eigenvalue weighted by Crippen LogP contribution is -2.41. The highest BCUT2D eigenvalue weighted by molar-refractivity contribution is 6.01. The van der Waals surface area contributed by atoms with Crippen molar-refractivity contribution in [2.45, 2.75) is 12.8 Å². The molecule has 0 radical (unpaired) electrons. The molecule has 4 heteroatoms. The molecular weight excluding hydrogens is 204 g/mol. The molecule has 16 heavy (non-hydrogen) atoms. The van der Waals surface area contributed by atoms with Crippen molar-refractivity contribution in [1.29, 1.82) is 0 Å². The Hall–Kier alpha value is -1.06. The Morgan fingerprint density at radius 1 is 0.688 bits per heavy atom. The van der Waals surface area contributed by atoms with E-state index in [9.17, 15) is 10.4 Å². The highest BCUT2D eigenvalue weighted by Crippen LogP contribution is 2.78. The molecule has 0 aromatic carbocycles. The topological polar surface area (TPSA) is 65.2 Å². The number of nitrogens with zero attached hydrogens (tertiary/aromatic N) is 2. The van der Waals surface area contributed by atoms with Crippen molar-refractivity contribution >= 4 is 11.4 Å². The average molecular weight is 218 g/mol. The lowest BCUT2D eigenvalue weighted by molar-refractivity contribution is 0.0202. The van der Waals surface area contributed by atoms with Crippen molar-refractivity contribution in [3.63, 3.8) is 0 Å². The largest absolute Gasteiger partial charge is 0.411 e. The van der Waals surface area contributed by atoms with Crippen LogP contribution in [0.4, 0.5) is 0 Å². The Bertz CT molecular complexity index is 376. The van der Waals surface area contributed by atoms with Gasteiger partial charge in [0.1, 0.15) is 0 Å². The standard InChI is InChI=1S/C12H14N2O2/c15-13-11-3-1-4-8-7(3)9-5(11)2-6(10(8)9)12(4)14-16/h3-10,15-16H,1-2H2. The zero-order valence-corrected chi connectivity index (χ0v) is 8.82. The fraction of sp³-hybridized carbons (Fsp3) is 0.833. The first-order chi connectivity index (χ1) is 7.86. The maximum Gasteiger partial charge on any atom is 0.0638 e. The minimum absolute atomic E-state index is 0.504. The molecule has 0 amide bonds. The Morgan fingerprint density at radius 2 is 1.00 bits per heavy atom. The molecule has 0 aromatic rings. The average Bonchev–Trinajstić information content (AvgIpc) is 2.77. The second kappa shape index (κ2) is 2.15. The van der Waals surface area contributed by atoms with Crippen LogP contribution in [0.1, 0.15) is 12.8 Å². The van der Waals surface area contributed by atoms with Gasteiger partial charge in [-0.25, -0.2) is 0 Å². The molecule has 0 heterocycles. The smallest absolute Gasteiger partial charge is 0.0638 e. The SMILES string of the molecule is ON=C1C2CC3C(=NO)C4CC1C1C2C3C41. The molecule has 4 atom stereocenters. The van der Waals surface area contributed by atoms with Crippen LogP contribution in [0, 0.1) is 47.3 Å². The molecule has 4 nitrogen and oxygen atoms in total. The minimum Gasteiger partial charge on any atom is -0.411 e. The Kier molecular flexibility index (Phi) is 1.09. The van der Waals surface area contributed by atoms with Crippen LogP contribution in [0.2, 0.25) is 0 Å². The van der Waals surface area contributed by atoms with Gasteiger partial charge < -0.3 is 10.4 Å². The van der Waals surface area contributed by atoms with Crippen LogP contribution in [0.15, 0.2) is 10.3 Å². The maximum absolute atomic E-state index is 9.20. The van der Waals surface area contributed by atoms with Crippen molar-refractivity contribution < 1.29 is 10.4 Å². The zero-order chi connectivity index (χ0) is 10.6. The highest BCUT2D eigenvalue weighted by atomic mass is 16.4. The summed E-state index contributed by atoms with van der Waals surface area (Å²) in [6, 6.07) is 0. The molecule has 0 spiro atoms. The van der Waals surface area contributed by atoms with Crippen LogP contribution < -0.4 is 0 Å². The molecule has 4 unspecified atom stereocenters. The Balaban J connectivity index is 1.76. The van der Waals surface area contributed by atoms with Gasteiger partial charge in [-0.05, 0) is 36.5 Å².